The van der Waals surface area contributed by atoms with Gasteiger partial charge < -0.3 is 15.1 Å². The SMILES string of the molecule is CN(CC1CCCN1C)C(=O)[C@@H]1CCCCN1. The van der Waals surface area contributed by atoms with Crippen molar-refractivity contribution in [3.8, 4) is 0 Å². The molecule has 0 radical (unpaired) electrons. The minimum atomic E-state index is 0.0699. The first-order chi connectivity index (χ1) is 8.18. The van der Waals surface area contributed by atoms with E-state index in [9.17, 15) is 4.79 Å². The first kappa shape index (κ1) is 12.8. The van der Waals surface area contributed by atoms with Gasteiger partial charge in [-0.05, 0) is 45.8 Å². The first-order valence-corrected chi connectivity index (χ1v) is 6.87. The van der Waals surface area contributed by atoms with Gasteiger partial charge in [-0.15, -0.1) is 0 Å². The molecule has 1 N–H and O–H groups in total. The van der Waals surface area contributed by atoms with Gasteiger partial charge in [-0.3, -0.25) is 4.79 Å². The second-order valence-corrected chi connectivity index (χ2v) is 5.50. The summed E-state index contributed by atoms with van der Waals surface area (Å²) in [5.74, 6) is 0.282. The fraction of sp³-hybridized carbons (Fsp3) is 0.923. The van der Waals surface area contributed by atoms with Crippen LogP contribution < -0.4 is 5.32 Å². The molecule has 17 heavy (non-hydrogen) atoms. The summed E-state index contributed by atoms with van der Waals surface area (Å²) in [4.78, 5) is 16.5. The predicted octanol–water partition coefficient (Wildman–Crippen LogP) is 0.681. The number of nitrogens with zero attached hydrogens (tertiary/aromatic N) is 2. The quantitative estimate of drug-likeness (QED) is 0.787. The minimum absolute atomic E-state index is 0.0699. The largest absolute Gasteiger partial charge is 0.343 e. The number of carbonyl (C=O) groups is 1. The van der Waals surface area contributed by atoms with Crippen molar-refractivity contribution < 1.29 is 4.79 Å². The third-order valence-electron chi connectivity index (χ3n) is 4.14. The van der Waals surface area contributed by atoms with Crippen molar-refractivity contribution >= 4 is 5.91 Å². The Kier molecular flexibility index (Phi) is 4.40. The molecule has 4 nitrogen and oxygen atoms in total. The number of rotatable bonds is 3. The molecule has 1 amide bonds. The van der Waals surface area contributed by atoms with Crippen molar-refractivity contribution in [1.29, 1.82) is 0 Å². The van der Waals surface area contributed by atoms with Crippen LogP contribution in [0.1, 0.15) is 32.1 Å². The molecule has 98 valence electrons. The van der Waals surface area contributed by atoms with Gasteiger partial charge >= 0.3 is 0 Å². The number of piperidine rings is 1. The van der Waals surface area contributed by atoms with Gasteiger partial charge in [0.2, 0.25) is 5.91 Å². The number of carbonyl (C=O) groups excluding carboxylic acids is 1. The number of nitrogens with one attached hydrogen (secondary N) is 1. The van der Waals surface area contributed by atoms with Gasteiger partial charge in [-0.1, -0.05) is 6.42 Å². The van der Waals surface area contributed by atoms with Crippen LogP contribution in [0.2, 0.25) is 0 Å². The number of hydrogen-bond acceptors (Lipinski definition) is 3. The van der Waals surface area contributed by atoms with Crippen LogP contribution in [0.25, 0.3) is 0 Å². The van der Waals surface area contributed by atoms with E-state index in [1.807, 2.05) is 11.9 Å². The van der Waals surface area contributed by atoms with Crippen LogP contribution in [0.5, 0.6) is 0 Å². The maximum atomic E-state index is 12.2. The van der Waals surface area contributed by atoms with Crippen LogP contribution in [0, 0.1) is 0 Å². The summed E-state index contributed by atoms with van der Waals surface area (Å²) in [7, 11) is 4.11. The molecule has 0 aromatic carbocycles. The monoisotopic (exact) mass is 239 g/mol. The zero-order valence-electron chi connectivity index (χ0n) is 11.1. The maximum absolute atomic E-state index is 12.2. The average molecular weight is 239 g/mol. The van der Waals surface area contributed by atoms with E-state index >= 15 is 0 Å². The Hall–Kier alpha value is -0.610. The lowest BCUT2D eigenvalue weighted by Gasteiger charge is -2.30. The smallest absolute Gasteiger partial charge is 0.239 e. The number of likely N-dealkylation sites (N-methyl/N-ethyl adjacent to an activating group) is 2. The lowest BCUT2D eigenvalue weighted by Crippen LogP contribution is -2.50. The number of amides is 1. The molecule has 0 bridgehead atoms. The van der Waals surface area contributed by atoms with Crippen LogP contribution in [-0.4, -0.2) is 61.5 Å². The molecule has 2 rings (SSSR count). The van der Waals surface area contributed by atoms with Crippen LogP contribution in [0.3, 0.4) is 0 Å². The fourth-order valence-electron chi connectivity index (χ4n) is 2.94. The summed E-state index contributed by atoms with van der Waals surface area (Å²) >= 11 is 0. The highest BCUT2D eigenvalue weighted by molar-refractivity contribution is 5.81. The van der Waals surface area contributed by atoms with Crippen LogP contribution >= 0.6 is 0 Å². The van der Waals surface area contributed by atoms with Crippen molar-refractivity contribution in [3.05, 3.63) is 0 Å². The standard InChI is InChI=1S/C13H25N3O/c1-15-9-5-6-11(15)10-16(2)13(17)12-7-3-4-8-14-12/h11-12,14H,3-10H2,1-2H3/t11?,12-/m0/s1. The highest BCUT2D eigenvalue weighted by Crippen LogP contribution is 2.16. The summed E-state index contributed by atoms with van der Waals surface area (Å²) in [5, 5.41) is 3.33. The average Bonchev–Trinajstić information content (AvgIpc) is 2.75. The molecule has 0 spiro atoms. The lowest BCUT2D eigenvalue weighted by molar-refractivity contribution is -0.133. The molecule has 0 aromatic heterocycles. The highest BCUT2D eigenvalue weighted by Gasteiger charge is 2.27. The second-order valence-electron chi connectivity index (χ2n) is 5.50. The van der Waals surface area contributed by atoms with Crippen molar-refractivity contribution in [1.82, 2.24) is 15.1 Å². The lowest BCUT2D eigenvalue weighted by atomic mass is 10.0. The predicted molar refractivity (Wildman–Crippen MR) is 68.9 cm³/mol. The van der Waals surface area contributed by atoms with E-state index in [1.165, 1.54) is 32.2 Å². The Bertz CT molecular complexity index is 263. The summed E-state index contributed by atoms with van der Waals surface area (Å²) in [6, 6.07) is 0.632. The first-order valence-electron chi connectivity index (χ1n) is 6.87. The Morgan fingerprint density at radius 1 is 1.35 bits per heavy atom. The highest BCUT2D eigenvalue weighted by atomic mass is 16.2. The van der Waals surface area contributed by atoms with Gasteiger partial charge in [0.05, 0.1) is 6.04 Å². The van der Waals surface area contributed by atoms with Crippen LogP contribution in [-0.2, 0) is 4.79 Å². The van der Waals surface area contributed by atoms with E-state index in [4.69, 9.17) is 0 Å². The Morgan fingerprint density at radius 3 is 2.76 bits per heavy atom. The van der Waals surface area contributed by atoms with Gasteiger partial charge in [0, 0.05) is 19.6 Å². The van der Waals surface area contributed by atoms with Gasteiger partial charge in [-0.25, -0.2) is 0 Å². The van der Waals surface area contributed by atoms with Crippen LogP contribution in [0.15, 0.2) is 0 Å². The van der Waals surface area contributed by atoms with E-state index in [2.05, 4.69) is 17.3 Å². The molecule has 2 aliphatic rings. The van der Waals surface area contributed by atoms with Crippen molar-refractivity contribution in [2.24, 2.45) is 0 Å². The van der Waals surface area contributed by atoms with E-state index < -0.39 is 0 Å². The van der Waals surface area contributed by atoms with Crippen molar-refractivity contribution in [3.63, 3.8) is 0 Å². The maximum Gasteiger partial charge on any atom is 0.239 e. The zero-order chi connectivity index (χ0) is 12.3. The van der Waals surface area contributed by atoms with Crippen molar-refractivity contribution in [2.75, 3.05) is 33.7 Å². The number of likely N-dealkylation sites (tertiary alicyclic amines) is 1. The molecule has 2 saturated heterocycles. The molecule has 4 heteroatoms. The van der Waals surface area contributed by atoms with Gasteiger partial charge in [0.1, 0.15) is 0 Å². The van der Waals surface area contributed by atoms with Gasteiger partial charge in [0.15, 0.2) is 0 Å². The third-order valence-corrected chi connectivity index (χ3v) is 4.14. The molecule has 2 atom stereocenters. The van der Waals surface area contributed by atoms with E-state index in [1.54, 1.807) is 0 Å². The zero-order valence-corrected chi connectivity index (χ0v) is 11.1. The van der Waals surface area contributed by atoms with Gasteiger partial charge in [0.25, 0.3) is 0 Å². The second kappa shape index (κ2) is 5.83. The molecule has 2 heterocycles. The molecular formula is C13H25N3O. The van der Waals surface area contributed by atoms with Crippen molar-refractivity contribution in [2.45, 2.75) is 44.2 Å². The minimum Gasteiger partial charge on any atom is -0.343 e. The molecule has 2 aliphatic heterocycles. The van der Waals surface area contributed by atoms with Crippen LogP contribution in [0.4, 0.5) is 0 Å². The van der Waals surface area contributed by atoms with E-state index in [0.717, 1.165) is 19.5 Å². The Labute approximate surface area is 104 Å². The van der Waals surface area contributed by atoms with E-state index in [0.29, 0.717) is 6.04 Å². The molecule has 0 aliphatic carbocycles. The molecule has 1 unspecified atom stereocenters. The molecule has 0 saturated carbocycles. The summed E-state index contributed by atoms with van der Waals surface area (Å²) in [6.45, 7) is 3.05. The topological polar surface area (TPSA) is 35.6 Å². The summed E-state index contributed by atoms with van der Waals surface area (Å²) in [5.41, 5.74) is 0. The third kappa shape index (κ3) is 3.19. The Morgan fingerprint density at radius 2 is 2.18 bits per heavy atom. The van der Waals surface area contributed by atoms with Gasteiger partial charge in [-0.2, -0.15) is 0 Å². The molecule has 2 fully saturated rings. The number of hydrogen-bond donors (Lipinski definition) is 1. The van der Waals surface area contributed by atoms with E-state index in [-0.39, 0.29) is 11.9 Å². The summed E-state index contributed by atoms with van der Waals surface area (Å²) in [6.07, 6.45) is 5.89. The molecular weight excluding hydrogens is 214 g/mol. The normalized spacial score (nSPS) is 30.5. The summed E-state index contributed by atoms with van der Waals surface area (Å²) < 4.78 is 0. The Balaban J connectivity index is 1.81. The fourth-order valence-corrected chi connectivity index (χ4v) is 2.94. The molecule has 0 aromatic rings.